The van der Waals surface area contributed by atoms with Crippen molar-refractivity contribution in [2.45, 2.75) is 40.0 Å². The molecule has 138 valence electrons. The minimum Gasteiger partial charge on any atom is -0.507 e. The summed E-state index contributed by atoms with van der Waals surface area (Å²) in [6, 6.07) is 5.64. The zero-order valence-electron chi connectivity index (χ0n) is 15.2. The highest BCUT2D eigenvalue weighted by atomic mass is 16.3. The number of para-hydroxylation sites is 1. The molecule has 0 aliphatic rings. The van der Waals surface area contributed by atoms with Gasteiger partial charge in [-0.05, 0) is 26.3 Å². The van der Waals surface area contributed by atoms with Crippen molar-refractivity contribution < 1.29 is 10.2 Å². The molecule has 0 fully saturated rings. The molecule has 8 heteroatoms. The van der Waals surface area contributed by atoms with E-state index in [2.05, 4.69) is 25.6 Å². The van der Waals surface area contributed by atoms with Gasteiger partial charge in [-0.3, -0.25) is 0 Å². The number of aliphatic hydroxyl groups excluding tert-OH is 1. The van der Waals surface area contributed by atoms with Gasteiger partial charge < -0.3 is 25.4 Å². The monoisotopic (exact) mass is 356 g/mol. The van der Waals surface area contributed by atoms with Crippen molar-refractivity contribution in [2.24, 2.45) is 0 Å². The highest BCUT2D eigenvalue weighted by molar-refractivity contribution is 5.84. The first kappa shape index (κ1) is 17.9. The number of rotatable bonds is 7. The maximum atomic E-state index is 10.2. The summed E-state index contributed by atoms with van der Waals surface area (Å²) in [5.41, 5.74) is 2.99. The molecule has 0 aliphatic carbocycles. The number of aromatic nitrogens is 4. The molecule has 0 bridgehead atoms. The van der Waals surface area contributed by atoms with Gasteiger partial charge in [0.05, 0.1) is 12.4 Å². The summed E-state index contributed by atoms with van der Waals surface area (Å²) < 4.78 is 1.93. The molecule has 1 aromatic carbocycles. The summed E-state index contributed by atoms with van der Waals surface area (Å²) in [4.78, 5) is 13.4. The molecular formula is C18H24N6O2. The summed E-state index contributed by atoms with van der Waals surface area (Å²) >= 11 is 0. The molecule has 26 heavy (non-hydrogen) atoms. The molecule has 3 rings (SSSR count). The fourth-order valence-electron chi connectivity index (χ4n) is 2.66. The molecule has 0 aliphatic heterocycles. The number of hydrogen-bond donors (Lipinski definition) is 4. The maximum Gasteiger partial charge on any atom is 0.226 e. The molecule has 0 radical (unpaired) electrons. The van der Waals surface area contributed by atoms with Crippen molar-refractivity contribution in [3.63, 3.8) is 0 Å². The Kier molecular flexibility index (Phi) is 5.22. The molecule has 3 aromatic rings. The van der Waals surface area contributed by atoms with Crippen LogP contribution in [0.2, 0.25) is 0 Å². The molecule has 2 heterocycles. The number of aryl methyl sites for hydroxylation is 2. The second-order valence-electron chi connectivity index (χ2n) is 6.26. The standard InChI is InChI=1S/C18H24N6O2/c1-4-24-10-21-14-16(19-9-13-7-5-6-11(2)15(13)26)22-18(23-17(14)24)20-8-12(3)25/h5-7,10,12,25-26H,4,8-9H2,1-3H3,(H2,19,20,22,23). The molecule has 1 atom stereocenters. The van der Waals surface area contributed by atoms with E-state index in [0.29, 0.717) is 36.0 Å². The SMILES string of the molecule is CCn1cnc2c(NCc3cccc(C)c3O)nc(NCC(C)O)nc21. The van der Waals surface area contributed by atoms with E-state index in [1.807, 2.05) is 36.6 Å². The first-order chi connectivity index (χ1) is 12.5. The van der Waals surface area contributed by atoms with Gasteiger partial charge in [0.15, 0.2) is 17.0 Å². The first-order valence-electron chi connectivity index (χ1n) is 8.65. The van der Waals surface area contributed by atoms with Crippen LogP contribution >= 0.6 is 0 Å². The molecule has 0 saturated carbocycles. The molecular weight excluding hydrogens is 332 g/mol. The summed E-state index contributed by atoms with van der Waals surface area (Å²) in [6.07, 6.45) is 1.22. The maximum absolute atomic E-state index is 10.2. The van der Waals surface area contributed by atoms with Gasteiger partial charge in [-0.1, -0.05) is 18.2 Å². The highest BCUT2D eigenvalue weighted by Gasteiger charge is 2.14. The van der Waals surface area contributed by atoms with Crippen LogP contribution in [0.5, 0.6) is 5.75 Å². The van der Waals surface area contributed by atoms with Gasteiger partial charge in [-0.15, -0.1) is 0 Å². The third kappa shape index (κ3) is 3.70. The number of phenols is 1. The number of nitrogens with one attached hydrogen (secondary N) is 2. The predicted octanol–water partition coefficient (Wildman–Crippen LogP) is 2.27. The van der Waals surface area contributed by atoms with E-state index in [1.165, 1.54) is 0 Å². The lowest BCUT2D eigenvalue weighted by molar-refractivity contribution is 0.208. The van der Waals surface area contributed by atoms with Crippen molar-refractivity contribution >= 4 is 22.9 Å². The summed E-state index contributed by atoms with van der Waals surface area (Å²) in [6.45, 7) is 7.08. The van der Waals surface area contributed by atoms with Gasteiger partial charge in [-0.2, -0.15) is 9.97 Å². The molecule has 0 amide bonds. The molecule has 0 spiro atoms. The minimum absolute atomic E-state index is 0.275. The van der Waals surface area contributed by atoms with E-state index in [4.69, 9.17) is 0 Å². The number of fused-ring (bicyclic) bond motifs is 1. The first-order valence-corrected chi connectivity index (χ1v) is 8.65. The van der Waals surface area contributed by atoms with Crippen molar-refractivity contribution in [1.82, 2.24) is 19.5 Å². The number of benzene rings is 1. The van der Waals surface area contributed by atoms with Gasteiger partial charge >= 0.3 is 0 Å². The quantitative estimate of drug-likeness (QED) is 0.514. The van der Waals surface area contributed by atoms with Crippen LogP contribution in [0.4, 0.5) is 11.8 Å². The van der Waals surface area contributed by atoms with E-state index in [9.17, 15) is 10.2 Å². The zero-order valence-corrected chi connectivity index (χ0v) is 15.2. The third-order valence-electron chi connectivity index (χ3n) is 4.13. The average molecular weight is 356 g/mol. The van der Waals surface area contributed by atoms with Crippen molar-refractivity contribution in [3.8, 4) is 5.75 Å². The number of nitrogens with zero attached hydrogens (tertiary/aromatic N) is 4. The van der Waals surface area contributed by atoms with Crippen molar-refractivity contribution in [3.05, 3.63) is 35.7 Å². The van der Waals surface area contributed by atoms with Crippen LogP contribution in [0, 0.1) is 6.92 Å². The van der Waals surface area contributed by atoms with Crippen LogP contribution in [0.25, 0.3) is 11.2 Å². The second-order valence-corrected chi connectivity index (χ2v) is 6.26. The number of imidazole rings is 1. The van der Waals surface area contributed by atoms with Gasteiger partial charge in [0.2, 0.25) is 5.95 Å². The molecule has 0 saturated heterocycles. The number of aromatic hydroxyl groups is 1. The Balaban J connectivity index is 1.92. The zero-order chi connectivity index (χ0) is 18.7. The van der Waals surface area contributed by atoms with Crippen molar-refractivity contribution in [2.75, 3.05) is 17.2 Å². The lowest BCUT2D eigenvalue weighted by Crippen LogP contribution is -2.17. The lowest BCUT2D eigenvalue weighted by atomic mass is 10.1. The van der Waals surface area contributed by atoms with E-state index in [0.717, 1.165) is 17.7 Å². The van der Waals surface area contributed by atoms with E-state index < -0.39 is 6.10 Å². The van der Waals surface area contributed by atoms with E-state index in [1.54, 1.807) is 13.3 Å². The molecule has 1 unspecified atom stereocenters. The Bertz CT molecular complexity index is 906. The second kappa shape index (κ2) is 7.57. The van der Waals surface area contributed by atoms with Crippen LogP contribution in [0.15, 0.2) is 24.5 Å². The van der Waals surface area contributed by atoms with Gasteiger partial charge in [-0.25, -0.2) is 4.98 Å². The van der Waals surface area contributed by atoms with Gasteiger partial charge in [0.25, 0.3) is 0 Å². The van der Waals surface area contributed by atoms with Crippen LogP contribution < -0.4 is 10.6 Å². The number of hydrogen-bond acceptors (Lipinski definition) is 7. The van der Waals surface area contributed by atoms with Gasteiger partial charge in [0.1, 0.15) is 5.75 Å². The average Bonchev–Trinajstić information content (AvgIpc) is 3.04. The normalized spacial score (nSPS) is 12.3. The van der Waals surface area contributed by atoms with Gasteiger partial charge in [0, 0.05) is 25.2 Å². The smallest absolute Gasteiger partial charge is 0.226 e. The number of anilines is 2. The van der Waals surface area contributed by atoms with Crippen LogP contribution in [-0.4, -0.2) is 42.4 Å². The fourth-order valence-corrected chi connectivity index (χ4v) is 2.66. The topological polar surface area (TPSA) is 108 Å². The van der Waals surface area contributed by atoms with Crippen molar-refractivity contribution in [1.29, 1.82) is 0 Å². The fraction of sp³-hybridized carbons (Fsp3) is 0.389. The predicted molar refractivity (Wildman–Crippen MR) is 101 cm³/mol. The summed E-state index contributed by atoms with van der Waals surface area (Å²) in [7, 11) is 0. The Morgan fingerprint density at radius 1 is 1.23 bits per heavy atom. The number of aliphatic hydroxyl groups is 1. The Morgan fingerprint density at radius 2 is 2.04 bits per heavy atom. The van der Waals surface area contributed by atoms with E-state index >= 15 is 0 Å². The summed E-state index contributed by atoms with van der Waals surface area (Å²) in [5.74, 6) is 1.28. The minimum atomic E-state index is -0.508. The van der Waals surface area contributed by atoms with Crippen LogP contribution in [0.3, 0.4) is 0 Å². The molecule has 2 aromatic heterocycles. The Hall–Kier alpha value is -2.87. The molecule has 4 N–H and O–H groups in total. The highest BCUT2D eigenvalue weighted by Crippen LogP contribution is 2.25. The van der Waals surface area contributed by atoms with E-state index in [-0.39, 0.29) is 5.75 Å². The number of phenolic OH excluding ortho intramolecular Hbond substituents is 1. The van der Waals surface area contributed by atoms with Crippen LogP contribution in [0.1, 0.15) is 25.0 Å². The molecule has 8 nitrogen and oxygen atoms in total. The summed E-state index contributed by atoms with van der Waals surface area (Å²) in [5, 5.41) is 26.0. The Labute approximate surface area is 151 Å². The largest absolute Gasteiger partial charge is 0.507 e. The lowest BCUT2D eigenvalue weighted by Gasteiger charge is -2.12. The Morgan fingerprint density at radius 3 is 2.77 bits per heavy atom. The third-order valence-corrected chi connectivity index (χ3v) is 4.13. The van der Waals surface area contributed by atoms with Crippen LogP contribution in [-0.2, 0) is 13.1 Å².